The molecular weight excluding hydrogens is 525 g/mol. The highest BCUT2D eigenvalue weighted by Gasteiger charge is 2.38. The van der Waals surface area contributed by atoms with Crippen LogP contribution in [-0.2, 0) is 19.0 Å². The van der Waals surface area contributed by atoms with Crippen LogP contribution >= 0.6 is 11.6 Å². The second kappa shape index (κ2) is 10.8. The Bertz CT molecular complexity index is 1280. The molecule has 4 N–H and O–H groups in total. The number of H-pyrrole nitrogens is 2. The molecule has 0 radical (unpaired) electrons. The van der Waals surface area contributed by atoms with Crippen LogP contribution in [0.25, 0.3) is 0 Å². The molecule has 3 heterocycles. The summed E-state index contributed by atoms with van der Waals surface area (Å²) in [4.78, 5) is 33.4. The Hall–Kier alpha value is -3.52. The van der Waals surface area contributed by atoms with Crippen molar-refractivity contribution in [2.24, 2.45) is 0 Å². The van der Waals surface area contributed by atoms with E-state index in [0.29, 0.717) is 26.2 Å². The van der Waals surface area contributed by atoms with Gasteiger partial charge in [-0.15, -0.1) is 0 Å². The highest BCUT2D eigenvalue weighted by Crippen LogP contribution is 2.33. The van der Waals surface area contributed by atoms with E-state index in [0.717, 1.165) is 6.20 Å². The molecule has 1 aromatic carbocycles. The standard InChI is InChI=1S/C22H21ClF5N7O2/c23-15-8-11(1-2-13(15)21(37)35-5-3-29-4-6-35)32-20(36)19-30-10-12(31-19)7-14-16(9-17(24)25)33-34-18(14)22(26,27)28/h1-2,8,10,17,29H,3-7,9H2,(H,30,31)(H,32,36)(H,33,34). The molecule has 37 heavy (non-hydrogen) atoms. The minimum atomic E-state index is -4.86. The average Bonchev–Trinajstić information content (AvgIpc) is 3.47. The van der Waals surface area contributed by atoms with Crippen LogP contribution in [0.5, 0.6) is 0 Å². The minimum absolute atomic E-state index is 0.0857. The molecule has 198 valence electrons. The van der Waals surface area contributed by atoms with E-state index >= 15 is 0 Å². The first-order valence-electron chi connectivity index (χ1n) is 11.1. The lowest BCUT2D eigenvalue weighted by Crippen LogP contribution is -2.46. The van der Waals surface area contributed by atoms with E-state index in [2.05, 4.69) is 25.7 Å². The topological polar surface area (TPSA) is 119 Å². The van der Waals surface area contributed by atoms with Crippen LogP contribution in [0.3, 0.4) is 0 Å². The maximum Gasteiger partial charge on any atom is 0.435 e. The number of aromatic amines is 2. The summed E-state index contributed by atoms with van der Waals surface area (Å²) in [5.74, 6) is -1.18. The lowest BCUT2D eigenvalue weighted by atomic mass is 10.1. The number of carbonyl (C=O) groups excluding carboxylic acids is 2. The maximum atomic E-state index is 13.3. The SMILES string of the molecule is O=C(Nc1ccc(C(=O)N2CCNCC2)c(Cl)c1)c1ncc(Cc2c(C(F)(F)F)n[nH]c2CC(F)F)[nH]1. The van der Waals surface area contributed by atoms with Crippen molar-refractivity contribution in [2.45, 2.75) is 25.4 Å². The number of nitrogens with zero attached hydrogens (tertiary/aromatic N) is 3. The molecule has 0 unspecified atom stereocenters. The van der Waals surface area contributed by atoms with E-state index in [1.807, 2.05) is 5.10 Å². The number of hydrogen-bond donors (Lipinski definition) is 4. The number of aromatic nitrogens is 4. The van der Waals surface area contributed by atoms with Gasteiger partial charge in [0.1, 0.15) is 0 Å². The minimum Gasteiger partial charge on any atom is -0.337 e. The van der Waals surface area contributed by atoms with Crippen molar-refractivity contribution in [3.63, 3.8) is 0 Å². The van der Waals surface area contributed by atoms with Gasteiger partial charge in [-0.3, -0.25) is 14.7 Å². The smallest absolute Gasteiger partial charge is 0.337 e. The van der Waals surface area contributed by atoms with Gasteiger partial charge in [0.15, 0.2) is 11.5 Å². The van der Waals surface area contributed by atoms with Crippen LogP contribution < -0.4 is 10.6 Å². The third-order valence-corrected chi connectivity index (χ3v) is 5.96. The van der Waals surface area contributed by atoms with Gasteiger partial charge in [-0.1, -0.05) is 11.6 Å². The summed E-state index contributed by atoms with van der Waals surface area (Å²) in [7, 11) is 0. The van der Waals surface area contributed by atoms with Gasteiger partial charge in [-0.25, -0.2) is 13.8 Å². The van der Waals surface area contributed by atoms with Gasteiger partial charge in [0.25, 0.3) is 11.8 Å². The highest BCUT2D eigenvalue weighted by molar-refractivity contribution is 6.34. The number of imidazole rings is 1. The molecule has 1 aliphatic heterocycles. The zero-order valence-electron chi connectivity index (χ0n) is 19.1. The van der Waals surface area contributed by atoms with Gasteiger partial charge in [-0.05, 0) is 18.2 Å². The van der Waals surface area contributed by atoms with Gasteiger partial charge >= 0.3 is 6.18 Å². The Kier molecular flexibility index (Phi) is 7.78. The monoisotopic (exact) mass is 545 g/mol. The molecule has 0 bridgehead atoms. The summed E-state index contributed by atoms with van der Waals surface area (Å²) in [5, 5.41) is 11.0. The Morgan fingerprint density at radius 3 is 2.57 bits per heavy atom. The molecule has 0 aliphatic carbocycles. The van der Waals surface area contributed by atoms with Crippen molar-refractivity contribution < 1.29 is 31.5 Å². The van der Waals surface area contributed by atoms with Crippen molar-refractivity contribution in [1.29, 1.82) is 0 Å². The van der Waals surface area contributed by atoms with Crippen LogP contribution in [0.4, 0.5) is 27.6 Å². The summed E-state index contributed by atoms with van der Waals surface area (Å²) in [6.45, 7) is 2.44. The fourth-order valence-electron chi connectivity index (χ4n) is 3.90. The van der Waals surface area contributed by atoms with Crippen LogP contribution in [0.15, 0.2) is 24.4 Å². The molecular formula is C22H21ClF5N7O2. The van der Waals surface area contributed by atoms with Gasteiger partial charge in [0.2, 0.25) is 6.43 Å². The number of alkyl halides is 5. The maximum absolute atomic E-state index is 13.3. The fourth-order valence-corrected chi connectivity index (χ4v) is 4.16. The van der Waals surface area contributed by atoms with E-state index in [1.165, 1.54) is 18.2 Å². The molecule has 4 rings (SSSR count). The van der Waals surface area contributed by atoms with Gasteiger partial charge in [-0.2, -0.15) is 18.3 Å². The van der Waals surface area contributed by atoms with Gasteiger partial charge < -0.3 is 20.5 Å². The van der Waals surface area contributed by atoms with Crippen LogP contribution in [-0.4, -0.2) is 69.5 Å². The summed E-state index contributed by atoms with van der Waals surface area (Å²) in [6.07, 6.45) is -8.00. The normalized spacial score (nSPS) is 14.3. The number of piperazine rings is 1. The molecule has 15 heteroatoms. The second-order valence-corrected chi connectivity index (χ2v) is 8.65. The zero-order chi connectivity index (χ0) is 26.7. The van der Waals surface area contributed by atoms with Gasteiger partial charge in [0.05, 0.1) is 17.0 Å². The predicted octanol–water partition coefficient (Wildman–Crippen LogP) is 3.50. The Labute approximate surface area is 211 Å². The predicted molar refractivity (Wildman–Crippen MR) is 123 cm³/mol. The summed E-state index contributed by atoms with van der Waals surface area (Å²) in [5.41, 5.74) is -1.50. The first-order chi connectivity index (χ1) is 17.5. The van der Waals surface area contributed by atoms with Crippen LogP contribution in [0.1, 0.15) is 43.6 Å². The Morgan fingerprint density at radius 1 is 1.19 bits per heavy atom. The first kappa shape index (κ1) is 26.5. The number of nitrogens with one attached hydrogen (secondary N) is 4. The molecule has 1 fully saturated rings. The first-order valence-corrected chi connectivity index (χ1v) is 11.5. The molecule has 2 aromatic heterocycles. The lowest BCUT2D eigenvalue weighted by Gasteiger charge is -2.27. The molecule has 3 aromatic rings. The van der Waals surface area contributed by atoms with Crippen LogP contribution in [0, 0.1) is 0 Å². The summed E-state index contributed by atoms with van der Waals surface area (Å²) in [6, 6.07) is 4.37. The van der Waals surface area contributed by atoms with Crippen molar-refractivity contribution in [1.82, 2.24) is 30.4 Å². The Balaban J connectivity index is 1.46. The van der Waals surface area contributed by atoms with Crippen molar-refractivity contribution >= 4 is 29.1 Å². The highest BCUT2D eigenvalue weighted by atomic mass is 35.5. The van der Waals surface area contributed by atoms with Crippen molar-refractivity contribution in [3.05, 3.63) is 63.5 Å². The second-order valence-electron chi connectivity index (χ2n) is 8.25. The van der Waals surface area contributed by atoms with Crippen molar-refractivity contribution in [3.8, 4) is 0 Å². The molecule has 0 atom stereocenters. The third-order valence-electron chi connectivity index (χ3n) is 5.65. The number of amides is 2. The number of anilines is 1. The zero-order valence-corrected chi connectivity index (χ0v) is 19.8. The number of halogens is 6. The van der Waals surface area contributed by atoms with E-state index < -0.39 is 42.6 Å². The average molecular weight is 546 g/mol. The molecule has 1 aliphatic rings. The van der Waals surface area contributed by atoms with E-state index in [4.69, 9.17) is 11.6 Å². The summed E-state index contributed by atoms with van der Waals surface area (Å²) >= 11 is 6.27. The van der Waals surface area contributed by atoms with E-state index in [-0.39, 0.29) is 39.4 Å². The Morgan fingerprint density at radius 2 is 1.92 bits per heavy atom. The lowest BCUT2D eigenvalue weighted by molar-refractivity contribution is -0.141. The molecule has 0 saturated carbocycles. The van der Waals surface area contributed by atoms with Crippen molar-refractivity contribution in [2.75, 3.05) is 31.5 Å². The molecule has 1 saturated heterocycles. The van der Waals surface area contributed by atoms with E-state index in [9.17, 15) is 31.5 Å². The largest absolute Gasteiger partial charge is 0.435 e. The molecule has 2 amide bonds. The number of hydrogen-bond acceptors (Lipinski definition) is 5. The fraction of sp³-hybridized carbons (Fsp3) is 0.364. The number of carbonyl (C=O) groups is 2. The quantitative estimate of drug-likeness (QED) is 0.339. The molecule has 0 spiro atoms. The van der Waals surface area contributed by atoms with Gasteiger partial charge in [0, 0.05) is 61.4 Å². The van der Waals surface area contributed by atoms with E-state index in [1.54, 1.807) is 4.90 Å². The number of rotatable bonds is 7. The third kappa shape index (κ3) is 6.25. The number of benzene rings is 1. The summed E-state index contributed by atoms with van der Waals surface area (Å²) < 4.78 is 65.5. The van der Waals surface area contributed by atoms with Crippen LogP contribution in [0.2, 0.25) is 5.02 Å². The molecule has 9 nitrogen and oxygen atoms in total.